The summed E-state index contributed by atoms with van der Waals surface area (Å²) in [5.74, 6) is -1.20. The van der Waals surface area contributed by atoms with Gasteiger partial charge in [0, 0.05) is 6.61 Å². The van der Waals surface area contributed by atoms with E-state index in [4.69, 9.17) is 9.84 Å². The molecule has 1 saturated heterocycles. The second kappa shape index (κ2) is 4.41. The molecule has 0 radical (unpaired) electrons. The number of rotatable bonds is 3. The van der Waals surface area contributed by atoms with Crippen LogP contribution in [0.2, 0.25) is 0 Å². The molecule has 0 saturated carbocycles. The molecule has 1 heterocycles. The highest BCUT2D eigenvalue weighted by Crippen LogP contribution is 2.19. The number of hydrogen-bond acceptors (Lipinski definition) is 3. The number of carboxylic acid groups (broad SMARTS) is 1. The van der Waals surface area contributed by atoms with E-state index in [0.717, 1.165) is 6.42 Å². The molecule has 1 aliphatic rings. The first kappa shape index (κ1) is 11.0. The van der Waals surface area contributed by atoms with Crippen LogP contribution in [0.25, 0.3) is 0 Å². The molecule has 0 spiro atoms. The SMILES string of the molecule is CC(NC(=O)C1OCCC1C)C(=O)O. The Morgan fingerprint density at radius 3 is 2.64 bits per heavy atom. The molecule has 1 amide bonds. The Kier molecular flexibility index (Phi) is 3.46. The van der Waals surface area contributed by atoms with E-state index in [1.165, 1.54) is 6.92 Å². The fraction of sp³-hybridized carbons (Fsp3) is 0.778. The van der Waals surface area contributed by atoms with Crippen molar-refractivity contribution in [1.29, 1.82) is 0 Å². The summed E-state index contributed by atoms with van der Waals surface area (Å²) >= 11 is 0. The highest BCUT2D eigenvalue weighted by molar-refractivity contribution is 5.86. The normalized spacial score (nSPS) is 28.4. The first-order chi connectivity index (χ1) is 6.52. The third-order valence-electron chi connectivity index (χ3n) is 2.38. The van der Waals surface area contributed by atoms with E-state index in [2.05, 4.69) is 5.32 Å². The van der Waals surface area contributed by atoms with Gasteiger partial charge in [-0.25, -0.2) is 0 Å². The van der Waals surface area contributed by atoms with Gasteiger partial charge >= 0.3 is 5.97 Å². The Labute approximate surface area is 82.4 Å². The third kappa shape index (κ3) is 2.45. The van der Waals surface area contributed by atoms with Gasteiger partial charge in [-0.2, -0.15) is 0 Å². The Bertz CT molecular complexity index is 241. The fourth-order valence-electron chi connectivity index (χ4n) is 1.39. The van der Waals surface area contributed by atoms with Gasteiger partial charge in [0.25, 0.3) is 0 Å². The minimum Gasteiger partial charge on any atom is -0.480 e. The summed E-state index contributed by atoms with van der Waals surface area (Å²) in [6, 6.07) is -0.862. The van der Waals surface area contributed by atoms with Crippen LogP contribution in [0.15, 0.2) is 0 Å². The van der Waals surface area contributed by atoms with Gasteiger partial charge in [-0.05, 0) is 19.3 Å². The van der Waals surface area contributed by atoms with Crippen molar-refractivity contribution in [2.45, 2.75) is 32.4 Å². The Balaban J connectivity index is 2.45. The molecule has 14 heavy (non-hydrogen) atoms. The number of carbonyl (C=O) groups is 2. The summed E-state index contributed by atoms with van der Waals surface area (Å²) in [5, 5.41) is 11.0. The summed E-state index contributed by atoms with van der Waals surface area (Å²) in [6.07, 6.45) is 0.358. The molecular formula is C9H15NO4. The van der Waals surface area contributed by atoms with E-state index in [1.54, 1.807) is 0 Å². The molecule has 5 heteroatoms. The van der Waals surface area contributed by atoms with E-state index in [-0.39, 0.29) is 11.8 Å². The minimum absolute atomic E-state index is 0.163. The molecule has 0 aromatic rings. The number of nitrogens with one attached hydrogen (secondary N) is 1. The van der Waals surface area contributed by atoms with Crippen molar-refractivity contribution in [3.8, 4) is 0 Å². The fourth-order valence-corrected chi connectivity index (χ4v) is 1.39. The van der Waals surface area contributed by atoms with E-state index >= 15 is 0 Å². The van der Waals surface area contributed by atoms with Crippen molar-refractivity contribution in [2.75, 3.05) is 6.61 Å². The van der Waals surface area contributed by atoms with Crippen LogP contribution in [-0.4, -0.2) is 35.7 Å². The number of hydrogen-bond donors (Lipinski definition) is 2. The van der Waals surface area contributed by atoms with Gasteiger partial charge in [-0.1, -0.05) is 6.92 Å². The van der Waals surface area contributed by atoms with Crippen LogP contribution in [0.4, 0.5) is 0 Å². The molecule has 5 nitrogen and oxygen atoms in total. The maximum atomic E-state index is 11.5. The summed E-state index contributed by atoms with van der Waals surface area (Å²) in [7, 11) is 0. The summed E-state index contributed by atoms with van der Waals surface area (Å²) < 4.78 is 5.20. The number of carbonyl (C=O) groups excluding carboxylic acids is 1. The quantitative estimate of drug-likeness (QED) is 0.674. The molecule has 3 atom stereocenters. The zero-order chi connectivity index (χ0) is 10.7. The first-order valence-corrected chi connectivity index (χ1v) is 4.67. The van der Waals surface area contributed by atoms with Crippen LogP contribution < -0.4 is 5.32 Å². The standard InChI is InChI=1S/C9H15NO4/c1-5-3-4-14-7(5)8(11)10-6(2)9(12)13/h5-7H,3-4H2,1-2H3,(H,10,11)(H,12,13). The van der Waals surface area contributed by atoms with E-state index in [0.29, 0.717) is 6.61 Å². The largest absolute Gasteiger partial charge is 0.480 e. The summed E-state index contributed by atoms with van der Waals surface area (Å²) in [6.45, 7) is 3.92. The first-order valence-electron chi connectivity index (χ1n) is 4.67. The number of carboxylic acids is 1. The van der Waals surface area contributed by atoms with Crippen molar-refractivity contribution in [3.05, 3.63) is 0 Å². The van der Waals surface area contributed by atoms with Gasteiger partial charge in [-0.15, -0.1) is 0 Å². The predicted octanol–water partition coefficient (Wildman–Crippen LogP) is 0.000700. The topological polar surface area (TPSA) is 75.6 Å². The van der Waals surface area contributed by atoms with Gasteiger partial charge in [0.1, 0.15) is 12.1 Å². The smallest absolute Gasteiger partial charge is 0.325 e. The number of ether oxygens (including phenoxy) is 1. The van der Waals surface area contributed by atoms with Gasteiger partial charge in [0.05, 0.1) is 0 Å². The molecule has 0 aromatic carbocycles. The van der Waals surface area contributed by atoms with Crippen LogP contribution in [0.1, 0.15) is 20.3 Å². The van der Waals surface area contributed by atoms with Crippen LogP contribution in [0.5, 0.6) is 0 Å². The van der Waals surface area contributed by atoms with E-state index < -0.39 is 18.1 Å². The van der Waals surface area contributed by atoms with Crippen molar-refractivity contribution < 1.29 is 19.4 Å². The van der Waals surface area contributed by atoms with Crippen molar-refractivity contribution in [1.82, 2.24) is 5.32 Å². The van der Waals surface area contributed by atoms with Gasteiger partial charge in [0.2, 0.25) is 5.91 Å². The van der Waals surface area contributed by atoms with E-state index in [9.17, 15) is 9.59 Å². The lowest BCUT2D eigenvalue weighted by Gasteiger charge is -2.16. The summed E-state index contributed by atoms with van der Waals surface area (Å²) in [5.41, 5.74) is 0. The van der Waals surface area contributed by atoms with Gasteiger partial charge < -0.3 is 15.2 Å². The van der Waals surface area contributed by atoms with Crippen molar-refractivity contribution in [2.24, 2.45) is 5.92 Å². The monoisotopic (exact) mass is 201 g/mol. The average molecular weight is 201 g/mol. The maximum Gasteiger partial charge on any atom is 0.325 e. The Morgan fingerprint density at radius 2 is 2.21 bits per heavy atom. The Morgan fingerprint density at radius 1 is 1.57 bits per heavy atom. The highest BCUT2D eigenvalue weighted by atomic mass is 16.5. The van der Waals surface area contributed by atoms with Gasteiger partial charge in [-0.3, -0.25) is 9.59 Å². The molecular weight excluding hydrogens is 186 g/mol. The maximum absolute atomic E-state index is 11.5. The molecule has 80 valence electrons. The third-order valence-corrected chi connectivity index (χ3v) is 2.38. The van der Waals surface area contributed by atoms with Gasteiger partial charge in [0.15, 0.2) is 0 Å². The van der Waals surface area contributed by atoms with E-state index in [1.807, 2.05) is 6.92 Å². The number of amides is 1. The zero-order valence-corrected chi connectivity index (χ0v) is 8.32. The zero-order valence-electron chi connectivity index (χ0n) is 8.32. The van der Waals surface area contributed by atoms with Crippen LogP contribution in [0, 0.1) is 5.92 Å². The summed E-state index contributed by atoms with van der Waals surface area (Å²) in [4.78, 5) is 21.9. The highest BCUT2D eigenvalue weighted by Gasteiger charge is 2.32. The van der Waals surface area contributed by atoms with Crippen molar-refractivity contribution in [3.63, 3.8) is 0 Å². The van der Waals surface area contributed by atoms with Crippen LogP contribution in [0.3, 0.4) is 0 Å². The Hall–Kier alpha value is -1.10. The molecule has 0 bridgehead atoms. The lowest BCUT2D eigenvalue weighted by molar-refractivity contribution is -0.143. The molecule has 0 aliphatic carbocycles. The van der Waals surface area contributed by atoms with Crippen LogP contribution in [-0.2, 0) is 14.3 Å². The molecule has 1 aliphatic heterocycles. The predicted molar refractivity (Wildman–Crippen MR) is 48.8 cm³/mol. The lowest BCUT2D eigenvalue weighted by Crippen LogP contribution is -2.45. The average Bonchev–Trinajstić information content (AvgIpc) is 2.51. The number of aliphatic carboxylic acids is 1. The molecule has 1 rings (SSSR count). The van der Waals surface area contributed by atoms with Crippen LogP contribution >= 0.6 is 0 Å². The lowest BCUT2D eigenvalue weighted by atomic mass is 10.0. The second-order valence-corrected chi connectivity index (χ2v) is 3.63. The minimum atomic E-state index is -1.04. The molecule has 2 N–H and O–H groups in total. The molecule has 3 unspecified atom stereocenters. The van der Waals surface area contributed by atoms with Crippen molar-refractivity contribution >= 4 is 11.9 Å². The molecule has 0 aromatic heterocycles. The second-order valence-electron chi connectivity index (χ2n) is 3.63. The molecule has 1 fully saturated rings.